The van der Waals surface area contributed by atoms with Crippen LogP contribution < -0.4 is 0 Å². The molecule has 0 aliphatic rings. The molecule has 2 aromatic rings. The molecule has 0 heterocycles. The number of hydrogen-bond acceptors (Lipinski definition) is 2. The number of aryl methyl sites for hydroxylation is 2. The van der Waals surface area contributed by atoms with Crippen LogP contribution in [0.3, 0.4) is 0 Å². The molecule has 2 heteroatoms. The quantitative estimate of drug-likeness (QED) is 0.536. The molecule has 0 bridgehead atoms. The molecule has 2 aromatic carbocycles. The first-order valence-electron chi connectivity index (χ1n) is 7.58. The van der Waals surface area contributed by atoms with Crippen molar-refractivity contribution >= 4 is 5.97 Å². The van der Waals surface area contributed by atoms with Crippen molar-refractivity contribution in [3.05, 3.63) is 71.8 Å². The Hall–Kier alpha value is -2.09. The van der Waals surface area contributed by atoms with Crippen molar-refractivity contribution in [3.63, 3.8) is 0 Å². The molecule has 2 nitrogen and oxygen atoms in total. The van der Waals surface area contributed by atoms with Crippen molar-refractivity contribution in [2.24, 2.45) is 0 Å². The largest absolute Gasteiger partial charge is 0.466 e. The number of rotatable bonds is 8. The van der Waals surface area contributed by atoms with Crippen LogP contribution in [-0.4, -0.2) is 12.6 Å². The van der Waals surface area contributed by atoms with E-state index in [1.807, 2.05) is 36.4 Å². The van der Waals surface area contributed by atoms with E-state index >= 15 is 0 Å². The van der Waals surface area contributed by atoms with E-state index in [0.29, 0.717) is 13.0 Å². The van der Waals surface area contributed by atoms with E-state index in [-0.39, 0.29) is 5.97 Å². The lowest BCUT2D eigenvalue weighted by Gasteiger charge is -2.05. The molecule has 0 aliphatic carbocycles. The first-order chi connectivity index (χ1) is 10.3. The normalized spacial score (nSPS) is 10.3. The second kappa shape index (κ2) is 8.96. The Balaban J connectivity index is 1.54. The molecule has 110 valence electrons. The summed E-state index contributed by atoms with van der Waals surface area (Å²) in [6, 6.07) is 20.5. The van der Waals surface area contributed by atoms with Crippen molar-refractivity contribution in [1.29, 1.82) is 0 Å². The Morgan fingerprint density at radius 1 is 0.762 bits per heavy atom. The second-order valence-corrected chi connectivity index (χ2v) is 5.15. The summed E-state index contributed by atoms with van der Waals surface area (Å²) in [6.07, 6.45) is 4.12. The number of ether oxygens (including phenoxy) is 1. The maximum atomic E-state index is 11.6. The third-order valence-corrected chi connectivity index (χ3v) is 3.40. The topological polar surface area (TPSA) is 26.3 Å². The maximum Gasteiger partial charge on any atom is 0.305 e. The van der Waals surface area contributed by atoms with Crippen LogP contribution in [0.4, 0.5) is 0 Å². The van der Waals surface area contributed by atoms with Crippen molar-refractivity contribution in [2.75, 3.05) is 6.61 Å². The summed E-state index contributed by atoms with van der Waals surface area (Å²) in [5, 5.41) is 0. The zero-order valence-electron chi connectivity index (χ0n) is 12.3. The molecule has 0 atom stereocenters. The highest BCUT2D eigenvalue weighted by atomic mass is 16.5. The van der Waals surface area contributed by atoms with Crippen LogP contribution in [0.15, 0.2) is 60.7 Å². The summed E-state index contributed by atoms with van der Waals surface area (Å²) < 4.78 is 5.26. The maximum absolute atomic E-state index is 11.6. The number of esters is 1. The van der Waals surface area contributed by atoms with Crippen LogP contribution in [0.5, 0.6) is 0 Å². The summed E-state index contributed by atoms with van der Waals surface area (Å²) in [6.45, 7) is 0.513. The smallest absolute Gasteiger partial charge is 0.305 e. The molecule has 2 rings (SSSR count). The summed E-state index contributed by atoms with van der Waals surface area (Å²) in [7, 11) is 0. The molecular weight excluding hydrogens is 260 g/mol. The van der Waals surface area contributed by atoms with Gasteiger partial charge in [0.1, 0.15) is 0 Å². The number of hydrogen-bond donors (Lipinski definition) is 0. The van der Waals surface area contributed by atoms with E-state index in [1.165, 1.54) is 11.1 Å². The molecule has 0 spiro atoms. The van der Waals surface area contributed by atoms with Crippen LogP contribution in [0.1, 0.15) is 30.4 Å². The summed E-state index contributed by atoms with van der Waals surface area (Å²) in [4.78, 5) is 11.6. The Kier molecular flexibility index (Phi) is 6.53. The van der Waals surface area contributed by atoms with Crippen LogP contribution in [-0.2, 0) is 22.4 Å². The standard InChI is InChI=1S/C19H22O2/c20-19(15-7-13-17-9-3-1-4-10-17)21-16-8-14-18-11-5-2-6-12-18/h1-6,9-12H,7-8,13-16H2. The van der Waals surface area contributed by atoms with Gasteiger partial charge >= 0.3 is 5.97 Å². The first-order valence-corrected chi connectivity index (χ1v) is 7.58. The van der Waals surface area contributed by atoms with Crippen molar-refractivity contribution < 1.29 is 9.53 Å². The summed E-state index contributed by atoms with van der Waals surface area (Å²) >= 11 is 0. The molecule has 0 amide bonds. The van der Waals surface area contributed by atoms with Crippen LogP contribution in [0.2, 0.25) is 0 Å². The van der Waals surface area contributed by atoms with Crippen molar-refractivity contribution in [1.82, 2.24) is 0 Å². The Labute approximate surface area is 126 Å². The fourth-order valence-electron chi connectivity index (χ4n) is 2.26. The van der Waals surface area contributed by atoms with Gasteiger partial charge in [-0.2, -0.15) is 0 Å². The summed E-state index contributed by atoms with van der Waals surface area (Å²) in [5.41, 5.74) is 2.56. The number of carbonyl (C=O) groups is 1. The Bertz CT molecular complexity index is 520. The minimum atomic E-state index is -0.0843. The van der Waals surface area contributed by atoms with Gasteiger partial charge in [0, 0.05) is 6.42 Å². The van der Waals surface area contributed by atoms with Crippen LogP contribution in [0.25, 0.3) is 0 Å². The molecule has 0 aromatic heterocycles. The van der Waals surface area contributed by atoms with Gasteiger partial charge in [0.15, 0.2) is 0 Å². The second-order valence-electron chi connectivity index (χ2n) is 5.15. The van der Waals surface area contributed by atoms with Crippen LogP contribution >= 0.6 is 0 Å². The Morgan fingerprint density at radius 3 is 1.86 bits per heavy atom. The van der Waals surface area contributed by atoms with Gasteiger partial charge in [-0.1, -0.05) is 60.7 Å². The highest BCUT2D eigenvalue weighted by Crippen LogP contribution is 2.06. The third-order valence-electron chi connectivity index (χ3n) is 3.40. The first kappa shape index (κ1) is 15.3. The van der Waals surface area contributed by atoms with Crippen molar-refractivity contribution in [3.8, 4) is 0 Å². The molecule has 0 radical (unpaired) electrons. The molecule has 0 unspecified atom stereocenters. The van der Waals surface area contributed by atoms with Gasteiger partial charge in [-0.15, -0.1) is 0 Å². The molecule has 0 aliphatic heterocycles. The fraction of sp³-hybridized carbons (Fsp3) is 0.316. The van der Waals surface area contributed by atoms with E-state index in [0.717, 1.165) is 25.7 Å². The Morgan fingerprint density at radius 2 is 1.29 bits per heavy atom. The zero-order chi connectivity index (χ0) is 14.8. The lowest BCUT2D eigenvalue weighted by atomic mass is 10.1. The van der Waals surface area contributed by atoms with E-state index in [1.54, 1.807) is 0 Å². The van der Waals surface area contributed by atoms with Gasteiger partial charge in [0.25, 0.3) is 0 Å². The molecule has 0 saturated carbocycles. The lowest BCUT2D eigenvalue weighted by Crippen LogP contribution is -2.06. The van der Waals surface area contributed by atoms with E-state index in [9.17, 15) is 4.79 Å². The number of benzene rings is 2. The highest BCUT2D eigenvalue weighted by Gasteiger charge is 2.03. The zero-order valence-corrected chi connectivity index (χ0v) is 12.3. The summed E-state index contributed by atoms with van der Waals surface area (Å²) in [5.74, 6) is -0.0843. The van der Waals surface area contributed by atoms with Crippen molar-refractivity contribution in [2.45, 2.75) is 32.1 Å². The van der Waals surface area contributed by atoms with E-state index < -0.39 is 0 Å². The van der Waals surface area contributed by atoms with Gasteiger partial charge in [-0.05, 0) is 36.8 Å². The average Bonchev–Trinajstić information content (AvgIpc) is 2.54. The molecule has 21 heavy (non-hydrogen) atoms. The monoisotopic (exact) mass is 282 g/mol. The minimum absolute atomic E-state index is 0.0843. The highest BCUT2D eigenvalue weighted by molar-refractivity contribution is 5.69. The molecule has 0 N–H and O–H groups in total. The lowest BCUT2D eigenvalue weighted by molar-refractivity contribution is -0.143. The third kappa shape index (κ3) is 6.26. The molecule has 0 fully saturated rings. The van der Waals surface area contributed by atoms with Gasteiger partial charge in [0.05, 0.1) is 6.61 Å². The minimum Gasteiger partial charge on any atom is -0.466 e. The average molecular weight is 282 g/mol. The molecule has 0 saturated heterocycles. The van der Waals surface area contributed by atoms with Gasteiger partial charge in [-0.3, -0.25) is 4.79 Å². The SMILES string of the molecule is O=C(CCCc1ccccc1)OCCCc1ccccc1. The number of carbonyl (C=O) groups excluding carboxylic acids is 1. The predicted octanol–water partition coefficient (Wildman–Crippen LogP) is 4.19. The van der Waals surface area contributed by atoms with Gasteiger partial charge in [0.2, 0.25) is 0 Å². The molecular formula is C19H22O2. The van der Waals surface area contributed by atoms with E-state index in [2.05, 4.69) is 24.3 Å². The predicted molar refractivity (Wildman–Crippen MR) is 85.1 cm³/mol. The van der Waals surface area contributed by atoms with Gasteiger partial charge < -0.3 is 4.74 Å². The fourth-order valence-corrected chi connectivity index (χ4v) is 2.26. The van der Waals surface area contributed by atoms with Crippen LogP contribution in [0, 0.1) is 0 Å². The van der Waals surface area contributed by atoms with Gasteiger partial charge in [-0.25, -0.2) is 0 Å². The van der Waals surface area contributed by atoms with E-state index in [4.69, 9.17) is 4.74 Å².